The van der Waals surface area contributed by atoms with Crippen molar-refractivity contribution in [2.24, 2.45) is 5.73 Å². The first-order chi connectivity index (χ1) is 6.87. The summed E-state index contributed by atoms with van der Waals surface area (Å²) < 4.78 is 23.6. The number of amides is 1. The Morgan fingerprint density at radius 3 is 2.60 bits per heavy atom. The Kier molecular flexibility index (Phi) is 2.94. The van der Waals surface area contributed by atoms with Crippen LogP contribution in [0.5, 0.6) is 0 Å². The second-order valence-electron chi connectivity index (χ2n) is 3.00. The molecule has 4 N–H and O–H groups in total. The van der Waals surface area contributed by atoms with Gasteiger partial charge in [0.05, 0.1) is 16.8 Å². The van der Waals surface area contributed by atoms with E-state index in [0.717, 1.165) is 0 Å². The molecular weight excluding hydrogens is 218 g/mol. The van der Waals surface area contributed by atoms with Crippen LogP contribution < -0.4 is 11.5 Å². The maximum atomic E-state index is 11.8. The molecule has 1 atom stereocenters. The van der Waals surface area contributed by atoms with E-state index in [9.17, 15) is 13.2 Å². The number of anilines is 1. The molecule has 1 unspecified atom stereocenters. The maximum Gasteiger partial charge on any atom is 0.235 e. The summed E-state index contributed by atoms with van der Waals surface area (Å²) in [4.78, 5) is 14.4. The van der Waals surface area contributed by atoms with Crippen LogP contribution >= 0.6 is 0 Å². The molecule has 0 aliphatic rings. The fourth-order valence-electron chi connectivity index (χ4n) is 0.996. The van der Waals surface area contributed by atoms with Crippen LogP contribution in [0.15, 0.2) is 23.4 Å². The Hall–Kier alpha value is -1.63. The lowest BCUT2D eigenvalue weighted by Crippen LogP contribution is -2.33. The monoisotopic (exact) mass is 229 g/mol. The zero-order valence-electron chi connectivity index (χ0n) is 8.04. The summed E-state index contributed by atoms with van der Waals surface area (Å²) in [7, 11) is -3.81. The quantitative estimate of drug-likeness (QED) is 0.711. The van der Waals surface area contributed by atoms with Gasteiger partial charge in [0, 0.05) is 6.20 Å². The number of hydrogen-bond donors (Lipinski definition) is 2. The second-order valence-corrected chi connectivity index (χ2v) is 5.24. The third kappa shape index (κ3) is 2.07. The maximum absolute atomic E-state index is 11.8. The third-order valence-electron chi connectivity index (χ3n) is 1.98. The van der Waals surface area contributed by atoms with Crippen molar-refractivity contribution < 1.29 is 13.2 Å². The van der Waals surface area contributed by atoms with Gasteiger partial charge in [0.15, 0.2) is 9.84 Å². The zero-order valence-corrected chi connectivity index (χ0v) is 8.86. The molecule has 0 spiro atoms. The summed E-state index contributed by atoms with van der Waals surface area (Å²) in [6, 6.07) is 1.24. The number of sulfone groups is 1. The molecule has 0 fully saturated rings. The molecule has 6 nitrogen and oxygen atoms in total. The number of aromatic nitrogens is 1. The van der Waals surface area contributed by atoms with Gasteiger partial charge in [-0.1, -0.05) is 0 Å². The lowest BCUT2D eigenvalue weighted by molar-refractivity contribution is -0.117. The molecule has 82 valence electrons. The Balaban J connectivity index is 3.30. The summed E-state index contributed by atoms with van der Waals surface area (Å²) in [6.07, 6.45) is 2.50. The number of hydrogen-bond acceptors (Lipinski definition) is 5. The highest BCUT2D eigenvalue weighted by Crippen LogP contribution is 2.20. The van der Waals surface area contributed by atoms with E-state index in [0.29, 0.717) is 0 Å². The van der Waals surface area contributed by atoms with Gasteiger partial charge >= 0.3 is 0 Å². The fourth-order valence-corrected chi connectivity index (χ4v) is 2.31. The summed E-state index contributed by atoms with van der Waals surface area (Å²) in [5, 5.41) is -1.30. The number of primary amides is 1. The summed E-state index contributed by atoms with van der Waals surface area (Å²) in [5.74, 6) is -0.911. The number of nitrogens with two attached hydrogens (primary N) is 2. The van der Waals surface area contributed by atoms with Crippen LogP contribution in [0.1, 0.15) is 6.92 Å². The SMILES string of the molecule is CC(C(N)=O)S(=O)(=O)c1ccncc1N. The van der Waals surface area contributed by atoms with Crippen LogP contribution in [0.3, 0.4) is 0 Å². The van der Waals surface area contributed by atoms with Gasteiger partial charge in [-0.3, -0.25) is 9.78 Å². The van der Waals surface area contributed by atoms with Gasteiger partial charge in [0.1, 0.15) is 5.25 Å². The van der Waals surface area contributed by atoms with Crippen LogP contribution in [0.4, 0.5) is 5.69 Å². The van der Waals surface area contributed by atoms with Crippen molar-refractivity contribution in [3.05, 3.63) is 18.5 Å². The summed E-state index contributed by atoms with van der Waals surface area (Å²) in [6.45, 7) is 1.22. The van der Waals surface area contributed by atoms with Crippen LogP contribution in [-0.2, 0) is 14.6 Å². The molecule has 0 aliphatic heterocycles. The van der Waals surface area contributed by atoms with E-state index in [1.165, 1.54) is 25.4 Å². The fraction of sp³-hybridized carbons (Fsp3) is 0.250. The Morgan fingerprint density at radius 2 is 2.13 bits per heavy atom. The molecule has 1 aromatic heterocycles. The van der Waals surface area contributed by atoms with E-state index >= 15 is 0 Å². The first-order valence-corrected chi connectivity index (χ1v) is 5.64. The average Bonchev–Trinajstić information content (AvgIpc) is 2.16. The lowest BCUT2D eigenvalue weighted by atomic mass is 10.4. The molecule has 15 heavy (non-hydrogen) atoms. The standard InChI is InChI=1S/C8H11N3O3S/c1-5(8(10)12)15(13,14)7-2-3-11-4-6(7)9/h2-5H,9H2,1H3,(H2,10,12). The minimum Gasteiger partial charge on any atom is -0.396 e. The molecule has 0 aliphatic carbocycles. The van der Waals surface area contributed by atoms with Crippen molar-refractivity contribution in [1.82, 2.24) is 4.98 Å². The predicted molar refractivity (Wildman–Crippen MR) is 54.5 cm³/mol. The lowest BCUT2D eigenvalue weighted by Gasteiger charge is -2.10. The molecule has 1 heterocycles. The Morgan fingerprint density at radius 1 is 1.53 bits per heavy atom. The van der Waals surface area contributed by atoms with Crippen molar-refractivity contribution in [3.8, 4) is 0 Å². The predicted octanol–water partition coefficient (Wildman–Crippen LogP) is -0.689. The van der Waals surface area contributed by atoms with Gasteiger partial charge in [-0.25, -0.2) is 8.42 Å². The molecule has 0 saturated carbocycles. The van der Waals surface area contributed by atoms with E-state index in [2.05, 4.69) is 4.98 Å². The molecule has 0 radical (unpaired) electrons. The first-order valence-electron chi connectivity index (χ1n) is 4.10. The van der Waals surface area contributed by atoms with Crippen molar-refractivity contribution in [1.29, 1.82) is 0 Å². The second kappa shape index (κ2) is 3.85. The highest BCUT2D eigenvalue weighted by molar-refractivity contribution is 7.93. The molecule has 7 heteroatoms. The number of carbonyl (C=O) groups excluding carboxylic acids is 1. The number of pyridine rings is 1. The normalized spacial score (nSPS) is 13.4. The summed E-state index contributed by atoms with van der Waals surface area (Å²) in [5.41, 5.74) is 10.4. The smallest absolute Gasteiger partial charge is 0.235 e. The molecular formula is C8H11N3O3S. The minimum absolute atomic E-state index is 0.00519. The van der Waals surface area contributed by atoms with Gasteiger partial charge < -0.3 is 11.5 Å². The van der Waals surface area contributed by atoms with Gasteiger partial charge in [-0.2, -0.15) is 0 Å². The molecule has 1 amide bonds. The highest BCUT2D eigenvalue weighted by atomic mass is 32.2. The van der Waals surface area contributed by atoms with E-state index in [-0.39, 0.29) is 10.6 Å². The van der Waals surface area contributed by atoms with Gasteiger partial charge in [-0.15, -0.1) is 0 Å². The van der Waals surface area contributed by atoms with Crippen LogP contribution in [0, 0.1) is 0 Å². The zero-order chi connectivity index (χ0) is 11.6. The number of carbonyl (C=O) groups is 1. The van der Waals surface area contributed by atoms with E-state index in [4.69, 9.17) is 11.5 Å². The largest absolute Gasteiger partial charge is 0.396 e. The topological polar surface area (TPSA) is 116 Å². The highest BCUT2D eigenvalue weighted by Gasteiger charge is 2.29. The molecule has 1 rings (SSSR count). The average molecular weight is 229 g/mol. The van der Waals surface area contributed by atoms with Crippen molar-refractivity contribution in [2.45, 2.75) is 17.1 Å². The van der Waals surface area contributed by atoms with E-state index in [1.807, 2.05) is 0 Å². The molecule has 0 bridgehead atoms. The van der Waals surface area contributed by atoms with Crippen LogP contribution in [0.25, 0.3) is 0 Å². The first kappa shape index (κ1) is 11.4. The Bertz CT molecular complexity index is 484. The third-order valence-corrected chi connectivity index (χ3v) is 4.13. The van der Waals surface area contributed by atoms with Gasteiger partial charge in [-0.05, 0) is 13.0 Å². The number of nitrogen functional groups attached to an aromatic ring is 1. The summed E-state index contributed by atoms with van der Waals surface area (Å²) >= 11 is 0. The minimum atomic E-state index is -3.81. The van der Waals surface area contributed by atoms with Crippen molar-refractivity contribution in [2.75, 3.05) is 5.73 Å². The van der Waals surface area contributed by atoms with Crippen molar-refractivity contribution >= 4 is 21.4 Å². The van der Waals surface area contributed by atoms with Gasteiger partial charge in [0.25, 0.3) is 0 Å². The molecule has 0 aromatic carbocycles. The number of nitrogens with zero attached hydrogens (tertiary/aromatic N) is 1. The molecule has 1 aromatic rings. The van der Waals surface area contributed by atoms with Crippen LogP contribution in [0.2, 0.25) is 0 Å². The van der Waals surface area contributed by atoms with E-state index < -0.39 is 21.0 Å². The van der Waals surface area contributed by atoms with Gasteiger partial charge in [0.2, 0.25) is 5.91 Å². The van der Waals surface area contributed by atoms with E-state index in [1.54, 1.807) is 0 Å². The Labute approximate surface area is 87.2 Å². The van der Waals surface area contributed by atoms with Crippen LogP contribution in [-0.4, -0.2) is 24.6 Å². The number of rotatable bonds is 3. The van der Waals surface area contributed by atoms with Crippen molar-refractivity contribution in [3.63, 3.8) is 0 Å². The molecule has 0 saturated heterocycles.